The van der Waals surface area contributed by atoms with Crippen molar-refractivity contribution in [1.29, 1.82) is 0 Å². The lowest BCUT2D eigenvalue weighted by molar-refractivity contribution is 0.581. The molecule has 0 aliphatic rings. The van der Waals surface area contributed by atoms with Gasteiger partial charge in [-0.2, -0.15) is 5.10 Å². The summed E-state index contributed by atoms with van der Waals surface area (Å²) in [6.45, 7) is 0.897. The van der Waals surface area contributed by atoms with E-state index in [1.165, 1.54) is 0 Å². The maximum absolute atomic E-state index is 12.1. The molecule has 0 spiro atoms. The highest BCUT2D eigenvalue weighted by Crippen LogP contribution is 2.11. The van der Waals surface area contributed by atoms with Gasteiger partial charge >= 0.3 is 0 Å². The zero-order chi connectivity index (χ0) is 15.3. The molecule has 6 nitrogen and oxygen atoms in total. The molecule has 2 aromatic rings. The highest BCUT2D eigenvalue weighted by molar-refractivity contribution is 7.89. The van der Waals surface area contributed by atoms with Crippen molar-refractivity contribution in [1.82, 2.24) is 14.5 Å². The van der Waals surface area contributed by atoms with Gasteiger partial charge in [0.15, 0.2) is 0 Å². The van der Waals surface area contributed by atoms with E-state index >= 15 is 0 Å². The molecule has 3 N–H and O–H groups in total. The molecule has 0 aliphatic carbocycles. The standard InChI is InChI=1S/C14H20N4O2S/c1-18-11-13(10-16-18)7-9-17-21(19,20)14-4-2-12(3-5-14)6-8-15/h2-5,10-11,17H,6-9,15H2,1H3. The minimum absolute atomic E-state index is 0.273. The Morgan fingerprint density at radius 2 is 1.90 bits per heavy atom. The van der Waals surface area contributed by atoms with Gasteiger partial charge < -0.3 is 5.73 Å². The third-order valence-corrected chi connectivity index (χ3v) is 4.61. The summed E-state index contributed by atoms with van der Waals surface area (Å²) in [6.07, 6.45) is 4.96. The van der Waals surface area contributed by atoms with Crippen molar-refractivity contribution in [2.45, 2.75) is 17.7 Å². The van der Waals surface area contributed by atoms with Crippen molar-refractivity contribution in [3.63, 3.8) is 0 Å². The molecule has 0 fully saturated rings. The molecule has 114 valence electrons. The molecule has 0 bridgehead atoms. The van der Waals surface area contributed by atoms with E-state index in [0.29, 0.717) is 19.5 Å². The number of aryl methyl sites for hydroxylation is 1. The number of nitrogens with zero attached hydrogens (tertiary/aromatic N) is 2. The lowest BCUT2D eigenvalue weighted by Crippen LogP contribution is -2.25. The van der Waals surface area contributed by atoms with Gasteiger partial charge in [-0.15, -0.1) is 0 Å². The summed E-state index contributed by atoms with van der Waals surface area (Å²) in [4.78, 5) is 0.273. The van der Waals surface area contributed by atoms with Gasteiger partial charge in [0, 0.05) is 19.8 Å². The summed E-state index contributed by atoms with van der Waals surface area (Å²) < 4.78 is 28.6. The monoisotopic (exact) mass is 308 g/mol. The Morgan fingerprint density at radius 1 is 1.19 bits per heavy atom. The molecule has 1 aromatic carbocycles. The number of aromatic nitrogens is 2. The SMILES string of the molecule is Cn1cc(CCNS(=O)(=O)c2ccc(CCN)cc2)cn1. The lowest BCUT2D eigenvalue weighted by Gasteiger charge is -2.07. The van der Waals surface area contributed by atoms with Gasteiger partial charge in [-0.3, -0.25) is 4.68 Å². The molecule has 0 unspecified atom stereocenters. The number of rotatable bonds is 7. The zero-order valence-electron chi connectivity index (χ0n) is 12.0. The van der Waals surface area contributed by atoms with Crippen LogP contribution in [0.5, 0.6) is 0 Å². The van der Waals surface area contributed by atoms with Crippen LogP contribution in [0.1, 0.15) is 11.1 Å². The predicted octanol–water partition coefficient (Wildman–Crippen LogP) is 0.442. The average molecular weight is 308 g/mol. The summed E-state index contributed by atoms with van der Waals surface area (Å²) in [5.41, 5.74) is 7.50. The normalized spacial score (nSPS) is 11.7. The number of benzene rings is 1. The van der Waals surface area contributed by atoms with E-state index in [9.17, 15) is 8.42 Å². The Balaban J connectivity index is 1.94. The summed E-state index contributed by atoms with van der Waals surface area (Å²) in [7, 11) is -1.63. The molecule has 0 aliphatic heterocycles. The van der Waals surface area contributed by atoms with Crippen molar-refractivity contribution < 1.29 is 8.42 Å². The Labute approximate surface area is 125 Å². The molecule has 0 saturated carbocycles. The van der Waals surface area contributed by atoms with Gasteiger partial charge in [-0.05, 0) is 42.6 Å². The highest BCUT2D eigenvalue weighted by Gasteiger charge is 2.13. The number of hydrogen-bond donors (Lipinski definition) is 2. The van der Waals surface area contributed by atoms with E-state index in [1.54, 1.807) is 35.1 Å². The van der Waals surface area contributed by atoms with Crippen LogP contribution < -0.4 is 10.5 Å². The first-order valence-corrected chi connectivity index (χ1v) is 8.26. The van der Waals surface area contributed by atoms with Crippen LogP contribution in [0.4, 0.5) is 0 Å². The van der Waals surface area contributed by atoms with E-state index in [4.69, 9.17) is 5.73 Å². The molecule has 0 radical (unpaired) electrons. The summed E-state index contributed by atoms with van der Waals surface area (Å²) in [6, 6.07) is 6.81. The largest absolute Gasteiger partial charge is 0.330 e. The van der Waals surface area contributed by atoms with E-state index in [1.807, 2.05) is 13.2 Å². The van der Waals surface area contributed by atoms with Crippen LogP contribution >= 0.6 is 0 Å². The second-order valence-corrected chi connectivity index (χ2v) is 6.62. The minimum atomic E-state index is -3.46. The van der Waals surface area contributed by atoms with Gasteiger partial charge in [0.1, 0.15) is 0 Å². The van der Waals surface area contributed by atoms with E-state index in [-0.39, 0.29) is 4.90 Å². The topological polar surface area (TPSA) is 90.0 Å². The number of nitrogens with two attached hydrogens (primary N) is 1. The van der Waals surface area contributed by atoms with Crippen molar-refractivity contribution >= 4 is 10.0 Å². The van der Waals surface area contributed by atoms with Crippen LogP contribution in [0, 0.1) is 0 Å². The third-order valence-electron chi connectivity index (χ3n) is 3.13. The van der Waals surface area contributed by atoms with Gasteiger partial charge in [-0.25, -0.2) is 13.1 Å². The Kier molecular flexibility index (Phi) is 5.11. The predicted molar refractivity (Wildman–Crippen MR) is 81.3 cm³/mol. The summed E-state index contributed by atoms with van der Waals surface area (Å²) in [5.74, 6) is 0. The number of hydrogen-bond acceptors (Lipinski definition) is 4. The first-order valence-electron chi connectivity index (χ1n) is 6.77. The Bertz CT molecular complexity index is 677. The van der Waals surface area contributed by atoms with Crippen molar-refractivity contribution in [2.24, 2.45) is 12.8 Å². The molecular formula is C14H20N4O2S. The van der Waals surface area contributed by atoms with Crippen molar-refractivity contribution in [2.75, 3.05) is 13.1 Å². The van der Waals surface area contributed by atoms with Crippen LogP contribution in [-0.4, -0.2) is 31.3 Å². The molecule has 1 aromatic heterocycles. The molecular weight excluding hydrogens is 288 g/mol. The second-order valence-electron chi connectivity index (χ2n) is 4.85. The van der Waals surface area contributed by atoms with Crippen LogP contribution in [0.15, 0.2) is 41.6 Å². The maximum Gasteiger partial charge on any atom is 0.240 e. The minimum Gasteiger partial charge on any atom is -0.330 e. The molecule has 0 atom stereocenters. The van der Waals surface area contributed by atoms with Crippen LogP contribution in [0.2, 0.25) is 0 Å². The molecule has 21 heavy (non-hydrogen) atoms. The highest BCUT2D eigenvalue weighted by atomic mass is 32.2. The summed E-state index contributed by atoms with van der Waals surface area (Å²) >= 11 is 0. The quantitative estimate of drug-likeness (QED) is 0.777. The summed E-state index contributed by atoms with van der Waals surface area (Å²) in [5, 5.41) is 4.05. The Morgan fingerprint density at radius 3 is 2.48 bits per heavy atom. The van der Waals surface area contributed by atoms with Crippen molar-refractivity contribution in [3.8, 4) is 0 Å². The van der Waals surface area contributed by atoms with Gasteiger partial charge in [0.05, 0.1) is 11.1 Å². The van der Waals surface area contributed by atoms with Crippen LogP contribution in [0.25, 0.3) is 0 Å². The molecule has 0 amide bonds. The van der Waals surface area contributed by atoms with Crippen LogP contribution in [-0.2, 0) is 29.9 Å². The fourth-order valence-electron chi connectivity index (χ4n) is 2.02. The lowest BCUT2D eigenvalue weighted by atomic mass is 10.2. The first-order chi connectivity index (χ1) is 10.0. The smallest absolute Gasteiger partial charge is 0.240 e. The molecule has 2 rings (SSSR count). The molecule has 0 saturated heterocycles. The van der Waals surface area contributed by atoms with Gasteiger partial charge in [0.25, 0.3) is 0 Å². The van der Waals surface area contributed by atoms with E-state index in [2.05, 4.69) is 9.82 Å². The number of nitrogens with one attached hydrogen (secondary N) is 1. The third kappa shape index (κ3) is 4.38. The Hall–Kier alpha value is -1.70. The van der Waals surface area contributed by atoms with Gasteiger partial charge in [-0.1, -0.05) is 12.1 Å². The first kappa shape index (κ1) is 15.7. The average Bonchev–Trinajstić information content (AvgIpc) is 2.85. The maximum atomic E-state index is 12.1. The van der Waals surface area contributed by atoms with E-state index in [0.717, 1.165) is 17.5 Å². The fraction of sp³-hybridized carbons (Fsp3) is 0.357. The van der Waals surface area contributed by atoms with E-state index < -0.39 is 10.0 Å². The van der Waals surface area contributed by atoms with Crippen LogP contribution in [0.3, 0.4) is 0 Å². The van der Waals surface area contributed by atoms with Crippen molar-refractivity contribution in [3.05, 3.63) is 47.8 Å². The van der Waals surface area contributed by atoms with Gasteiger partial charge in [0.2, 0.25) is 10.0 Å². The fourth-order valence-corrected chi connectivity index (χ4v) is 3.05. The molecule has 1 heterocycles. The molecule has 7 heteroatoms. The zero-order valence-corrected chi connectivity index (χ0v) is 12.8. The second kappa shape index (κ2) is 6.84. The number of sulfonamides is 1.